The Kier molecular flexibility index (Phi) is 6.49. The molecule has 3 aromatic rings. The Balaban J connectivity index is 1.43. The number of hydrogen-bond acceptors (Lipinski definition) is 7. The summed E-state index contributed by atoms with van der Waals surface area (Å²) < 4.78 is 5.24. The minimum atomic E-state index is -0.360. The van der Waals surface area contributed by atoms with E-state index in [0.29, 0.717) is 28.2 Å². The first-order chi connectivity index (χ1) is 14.7. The van der Waals surface area contributed by atoms with Crippen molar-refractivity contribution in [3.63, 3.8) is 0 Å². The fourth-order valence-electron chi connectivity index (χ4n) is 3.40. The van der Waals surface area contributed by atoms with Crippen LogP contribution < -0.4 is 5.32 Å². The molecule has 0 saturated heterocycles. The van der Waals surface area contributed by atoms with Gasteiger partial charge in [-0.2, -0.15) is 0 Å². The van der Waals surface area contributed by atoms with Crippen molar-refractivity contribution in [1.82, 2.24) is 15.2 Å². The summed E-state index contributed by atoms with van der Waals surface area (Å²) in [4.78, 5) is 30.7. The van der Waals surface area contributed by atoms with Gasteiger partial charge in [0, 0.05) is 10.4 Å². The van der Waals surface area contributed by atoms with Gasteiger partial charge >= 0.3 is 5.97 Å². The lowest BCUT2D eigenvalue weighted by Gasteiger charge is -2.12. The molecule has 156 valence electrons. The molecular weight excluding hydrogens is 420 g/mol. The topological polar surface area (TPSA) is 97.0 Å². The molecule has 1 aromatic carbocycles. The molecule has 0 unspecified atom stereocenters. The normalized spacial score (nSPS) is 13.0. The molecule has 1 aliphatic carbocycles. The number of aryl methyl sites for hydroxylation is 1. The first-order valence-electron chi connectivity index (χ1n) is 9.87. The van der Waals surface area contributed by atoms with Gasteiger partial charge in [-0.3, -0.25) is 9.89 Å². The zero-order valence-electron chi connectivity index (χ0n) is 16.6. The molecule has 4 rings (SSSR count). The van der Waals surface area contributed by atoms with Crippen molar-refractivity contribution in [2.24, 2.45) is 0 Å². The van der Waals surface area contributed by atoms with E-state index in [0.717, 1.165) is 36.8 Å². The lowest BCUT2D eigenvalue weighted by atomic mass is 9.95. The van der Waals surface area contributed by atoms with Crippen LogP contribution in [0, 0.1) is 0 Å². The van der Waals surface area contributed by atoms with Crippen LogP contribution in [0.4, 0.5) is 5.00 Å². The zero-order valence-corrected chi connectivity index (χ0v) is 18.2. The standard InChI is InChI=1S/C21H22N4O3S2/c1-2-28-20(27)17-14-10-6-7-11-15(14)30-19(17)22-16(26)12-29-21-23-18(24-25-21)13-8-4-3-5-9-13/h3-5,8-9H,2,6-7,10-12H2,1H3,(H,22,26)(H,23,24,25). The van der Waals surface area contributed by atoms with Crippen LogP contribution in [0.1, 0.15) is 40.6 Å². The highest BCUT2D eigenvalue weighted by molar-refractivity contribution is 7.99. The van der Waals surface area contributed by atoms with Gasteiger partial charge in [0.1, 0.15) is 5.00 Å². The number of H-pyrrole nitrogens is 1. The van der Waals surface area contributed by atoms with Crippen LogP contribution in [0.25, 0.3) is 11.4 Å². The number of aromatic amines is 1. The van der Waals surface area contributed by atoms with Crippen molar-refractivity contribution in [2.75, 3.05) is 17.7 Å². The molecule has 0 fully saturated rings. The van der Waals surface area contributed by atoms with Crippen LogP contribution in [0.5, 0.6) is 0 Å². The number of carbonyl (C=O) groups is 2. The first-order valence-corrected chi connectivity index (χ1v) is 11.7. The molecule has 0 atom stereocenters. The second kappa shape index (κ2) is 9.44. The van der Waals surface area contributed by atoms with E-state index in [1.807, 2.05) is 30.3 Å². The molecule has 2 heterocycles. The third kappa shape index (κ3) is 4.57. The first kappa shape index (κ1) is 20.6. The van der Waals surface area contributed by atoms with Gasteiger partial charge in [0.15, 0.2) is 5.82 Å². The maximum Gasteiger partial charge on any atom is 0.341 e. The van der Waals surface area contributed by atoms with E-state index in [-0.39, 0.29) is 17.6 Å². The number of carbonyl (C=O) groups excluding carboxylic acids is 2. The van der Waals surface area contributed by atoms with E-state index < -0.39 is 0 Å². The third-order valence-electron chi connectivity index (χ3n) is 4.75. The molecule has 9 heteroatoms. The van der Waals surface area contributed by atoms with Crippen LogP contribution in [0.2, 0.25) is 0 Å². The molecule has 1 aliphatic rings. The summed E-state index contributed by atoms with van der Waals surface area (Å²) in [5.74, 6) is 0.252. The van der Waals surface area contributed by atoms with Gasteiger partial charge in [-0.25, -0.2) is 9.78 Å². The van der Waals surface area contributed by atoms with Gasteiger partial charge in [0.25, 0.3) is 0 Å². The third-order valence-corrected chi connectivity index (χ3v) is 6.80. The number of hydrogen-bond donors (Lipinski definition) is 2. The largest absolute Gasteiger partial charge is 0.462 e. The summed E-state index contributed by atoms with van der Waals surface area (Å²) in [5, 5.41) is 11.1. The number of fused-ring (bicyclic) bond motifs is 1. The second-order valence-corrected chi connectivity index (χ2v) is 8.85. The Labute approximate surface area is 182 Å². The molecule has 1 amide bonds. The number of rotatable bonds is 7. The number of esters is 1. The summed E-state index contributed by atoms with van der Waals surface area (Å²) in [5.41, 5.74) is 2.50. The van der Waals surface area contributed by atoms with Crippen molar-refractivity contribution in [1.29, 1.82) is 0 Å². The Morgan fingerprint density at radius 3 is 2.83 bits per heavy atom. The SMILES string of the molecule is CCOC(=O)c1c(NC(=O)CSc2n[nH]c(-c3ccccc3)n2)sc2c1CCCC2. The second-order valence-electron chi connectivity index (χ2n) is 6.80. The van der Waals surface area contributed by atoms with Gasteiger partial charge in [0.05, 0.1) is 17.9 Å². The van der Waals surface area contributed by atoms with Crippen LogP contribution in [0.15, 0.2) is 35.5 Å². The molecule has 2 aromatic heterocycles. The van der Waals surface area contributed by atoms with Crippen LogP contribution in [0.3, 0.4) is 0 Å². The number of aromatic nitrogens is 3. The predicted octanol–water partition coefficient (Wildman–Crippen LogP) is 4.32. The lowest BCUT2D eigenvalue weighted by Crippen LogP contribution is -2.17. The summed E-state index contributed by atoms with van der Waals surface area (Å²) in [6, 6.07) is 9.68. The van der Waals surface area contributed by atoms with Crippen LogP contribution >= 0.6 is 23.1 Å². The monoisotopic (exact) mass is 442 g/mol. The zero-order chi connectivity index (χ0) is 20.9. The maximum absolute atomic E-state index is 12.6. The molecule has 0 radical (unpaired) electrons. The molecule has 7 nitrogen and oxygen atoms in total. The molecule has 0 bridgehead atoms. The summed E-state index contributed by atoms with van der Waals surface area (Å²) >= 11 is 2.73. The van der Waals surface area contributed by atoms with E-state index in [1.165, 1.54) is 28.0 Å². The number of benzene rings is 1. The molecule has 0 saturated carbocycles. The number of anilines is 1. The van der Waals surface area contributed by atoms with Gasteiger partial charge in [-0.05, 0) is 38.2 Å². The quantitative estimate of drug-likeness (QED) is 0.418. The highest BCUT2D eigenvalue weighted by Gasteiger charge is 2.27. The number of thioether (sulfide) groups is 1. The molecule has 0 aliphatic heterocycles. The number of amides is 1. The summed E-state index contributed by atoms with van der Waals surface area (Å²) in [6.07, 6.45) is 3.95. The highest BCUT2D eigenvalue weighted by atomic mass is 32.2. The number of nitrogens with zero attached hydrogens (tertiary/aromatic N) is 2. The maximum atomic E-state index is 12.6. The number of thiophene rings is 1. The molecular formula is C21H22N4O3S2. The van der Waals surface area contributed by atoms with E-state index in [2.05, 4.69) is 20.5 Å². The summed E-state index contributed by atoms with van der Waals surface area (Å²) in [7, 11) is 0. The van der Waals surface area contributed by atoms with E-state index in [4.69, 9.17) is 4.74 Å². The summed E-state index contributed by atoms with van der Waals surface area (Å²) in [6.45, 7) is 2.09. The Bertz CT molecular complexity index is 1050. The van der Waals surface area contributed by atoms with Crippen molar-refractivity contribution < 1.29 is 14.3 Å². The van der Waals surface area contributed by atoms with Gasteiger partial charge < -0.3 is 10.1 Å². The average Bonchev–Trinajstić information content (AvgIpc) is 3.37. The van der Waals surface area contributed by atoms with E-state index >= 15 is 0 Å². The lowest BCUT2D eigenvalue weighted by molar-refractivity contribution is -0.113. The van der Waals surface area contributed by atoms with Crippen molar-refractivity contribution in [3.8, 4) is 11.4 Å². The van der Waals surface area contributed by atoms with E-state index in [1.54, 1.807) is 6.92 Å². The fraction of sp³-hybridized carbons (Fsp3) is 0.333. The minimum absolute atomic E-state index is 0.150. The Hall–Kier alpha value is -2.65. The van der Waals surface area contributed by atoms with Gasteiger partial charge in [0.2, 0.25) is 11.1 Å². The van der Waals surface area contributed by atoms with E-state index in [9.17, 15) is 9.59 Å². The van der Waals surface area contributed by atoms with Crippen molar-refractivity contribution >= 4 is 40.0 Å². The molecule has 30 heavy (non-hydrogen) atoms. The van der Waals surface area contributed by atoms with Crippen LogP contribution in [-0.2, 0) is 22.4 Å². The van der Waals surface area contributed by atoms with Gasteiger partial charge in [-0.15, -0.1) is 16.4 Å². The van der Waals surface area contributed by atoms with Crippen LogP contribution in [-0.4, -0.2) is 39.4 Å². The smallest absolute Gasteiger partial charge is 0.341 e. The predicted molar refractivity (Wildman–Crippen MR) is 118 cm³/mol. The minimum Gasteiger partial charge on any atom is -0.462 e. The highest BCUT2D eigenvalue weighted by Crippen LogP contribution is 2.38. The average molecular weight is 443 g/mol. The Morgan fingerprint density at radius 1 is 1.23 bits per heavy atom. The van der Waals surface area contributed by atoms with Crippen molar-refractivity contribution in [2.45, 2.75) is 37.8 Å². The number of nitrogens with one attached hydrogen (secondary N) is 2. The fourth-order valence-corrected chi connectivity index (χ4v) is 5.29. The van der Waals surface area contributed by atoms with Gasteiger partial charge in [-0.1, -0.05) is 42.1 Å². The Morgan fingerprint density at radius 2 is 2.03 bits per heavy atom. The molecule has 2 N–H and O–H groups in total. The van der Waals surface area contributed by atoms with Crippen molar-refractivity contribution in [3.05, 3.63) is 46.3 Å². The molecule has 0 spiro atoms. The number of ether oxygens (including phenoxy) is 1.